The van der Waals surface area contributed by atoms with Crippen LogP contribution in [0.2, 0.25) is 0 Å². The molecule has 0 bridgehead atoms. The maximum Gasteiger partial charge on any atom is 0.444 e. The van der Waals surface area contributed by atoms with Crippen LogP contribution in [0.5, 0.6) is 0 Å². The standard InChI is InChI=1S/C18H26N2O4/c1-13(21)24-20(17(22)23-18(2,3)4)15-10-8-14(9-11-15)16-7-5-6-12-19-16/h5-7,12,14-15H,8-11H2,1-4H3. The fourth-order valence-corrected chi connectivity index (χ4v) is 2.93. The van der Waals surface area contributed by atoms with Crippen molar-refractivity contribution in [1.82, 2.24) is 10.0 Å². The molecule has 0 aliphatic heterocycles. The third-order valence-corrected chi connectivity index (χ3v) is 3.93. The summed E-state index contributed by atoms with van der Waals surface area (Å²) in [7, 11) is 0. The number of rotatable bonds is 2. The van der Waals surface area contributed by atoms with E-state index in [1.807, 2.05) is 18.2 Å². The van der Waals surface area contributed by atoms with Crippen LogP contribution in [-0.2, 0) is 14.4 Å². The Morgan fingerprint density at radius 3 is 2.33 bits per heavy atom. The van der Waals surface area contributed by atoms with Gasteiger partial charge in [-0.2, -0.15) is 0 Å². The minimum atomic E-state index is -0.638. The molecule has 1 aromatic heterocycles. The van der Waals surface area contributed by atoms with E-state index in [9.17, 15) is 9.59 Å². The van der Waals surface area contributed by atoms with Crippen molar-refractivity contribution in [2.75, 3.05) is 0 Å². The molecule has 2 rings (SSSR count). The molecule has 1 aromatic rings. The Morgan fingerprint density at radius 2 is 1.83 bits per heavy atom. The Labute approximate surface area is 143 Å². The summed E-state index contributed by atoms with van der Waals surface area (Å²) in [6.45, 7) is 6.65. The molecule has 6 heteroatoms. The van der Waals surface area contributed by atoms with Gasteiger partial charge in [-0.25, -0.2) is 4.79 Å². The van der Waals surface area contributed by atoms with Gasteiger partial charge in [0.1, 0.15) is 5.60 Å². The fourth-order valence-electron chi connectivity index (χ4n) is 2.93. The van der Waals surface area contributed by atoms with Gasteiger partial charge in [-0.3, -0.25) is 9.78 Å². The normalized spacial score (nSPS) is 21.0. The molecule has 0 unspecified atom stereocenters. The minimum Gasteiger partial charge on any atom is -0.442 e. The largest absolute Gasteiger partial charge is 0.444 e. The van der Waals surface area contributed by atoms with Crippen molar-refractivity contribution >= 4 is 12.1 Å². The van der Waals surface area contributed by atoms with Crippen LogP contribution >= 0.6 is 0 Å². The number of hydroxylamine groups is 2. The number of amides is 1. The minimum absolute atomic E-state index is 0.163. The number of hydrogen-bond donors (Lipinski definition) is 0. The molecular formula is C18H26N2O4. The zero-order valence-corrected chi connectivity index (χ0v) is 14.8. The van der Waals surface area contributed by atoms with Crippen LogP contribution in [0.4, 0.5) is 4.79 Å². The van der Waals surface area contributed by atoms with Gasteiger partial charge in [0, 0.05) is 24.7 Å². The van der Waals surface area contributed by atoms with Gasteiger partial charge in [-0.05, 0) is 58.6 Å². The summed E-state index contributed by atoms with van der Waals surface area (Å²) in [5, 5.41) is 1.11. The number of carbonyl (C=O) groups excluding carboxylic acids is 2. The van der Waals surface area contributed by atoms with Gasteiger partial charge in [-0.15, -0.1) is 5.06 Å². The summed E-state index contributed by atoms with van der Waals surface area (Å²) in [5.74, 6) is -0.145. The number of hydrogen-bond acceptors (Lipinski definition) is 5. The lowest BCUT2D eigenvalue weighted by atomic mass is 9.84. The summed E-state index contributed by atoms with van der Waals surface area (Å²) in [5.41, 5.74) is 0.438. The van der Waals surface area contributed by atoms with Crippen LogP contribution in [0.1, 0.15) is 65.0 Å². The lowest BCUT2D eigenvalue weighted by Gasteiger charge is -2.35. The molecule has 1 aliphatic rings. The molecule has 0 N–H and O–H groups in total. The molecule has 0 radical (unpaired) electrons. The Bertz CT molecular complexity index is 560. The molecule has 1 amide bonds. The average Bonchev–Trinajstić information content (AvgIpc) is 2.52. The van der Waals surface area contributed by atoms with Gasteiger partial charge in [0.15, 0.2) is 0 Å². The molecule has 132 valence electrons. The molecule has 1 saturated carbocycles. The van der Waals surface area contributed by atoms with Gasteiger partial charge >= 0.3 is 12.1 Å². The van der Waals surface area contributed by atoms with E-state index >= 15 is 0 Å². The first-order valence-corrected chi connectivity index (χ1v) is 8.38. The van der Waals surface area contributed by atoms with E-state index in [4.69, 9.17) is 9.57 Å². The van der Waals surface area contributed by atoms with E-state index in [0.29, 0.717) is 5.92 Å². The zero-order valence-electron chi connectivity index (χ0n) is 14.8. The van der Waals surface area contributed by atoms with Gasteiger partial charge in [0.25, 0.3) is 0 Å². The van der Waals surface area contributed by atoms with Crippen LogP contribution in [0, 0.1) is 0 Å². The molecule has 0 aromatic carbocycles. The predicted octanol–water partition coefficient (Wildman–Crippen LogP) is 3.82. The highest BCUT2D eigenvalue weighted by atomic mass is 16.8. The van der Waals surface area contributed by atoms with Crippen LogP contribution in [-0.4, -0.2) is 33.8 Å². The molecule has 0 spiro atoms. The number of carbonyl (C=O) groups is 2. The summed E-state index contributed by atoms with van der Waals surface area (Å²) in [4.78, 5) is 33.3. The Balaban J connectivity index is 2.01. The Hall–Kier alpha value is -2.11. The number of aromatic nitrogens is 1. The van der Waals surface area contributed by atoms with Crippen molar-refractivity contribution in [1.29, 1.82) is 0 Å². The highest BCUT2D eigenvalue weighted by Crippen LogP contribution is 2.34. The smallest absolute Gasteiger partial charge is 0.442 e. The first-order chi connectivity index (χ1) is 11.3. The first kappa shape index (κ1) is 18.2. The third-order valence-electron chi connectivity index (χ3n) is 3.93. The van der Waals surface area contributed by atoms with Gasteiger partial charge in [-0.1, -0.05) is 6.07 Å². The summed E-state index contributed by atoms with van der Waals surface area (Å²) in [6, 6.07) is 5.76. The van der Waals surface area contributed by atoms with E-state index in [2.05, 4.69) is 4.98 Å². The molecule has 24 heavy (non-hydrogen) atoms. The van der Waals surface area contributed by atoms with Crippen LogP contribution in [0.15, 0.2) is 24.4 Å². The van der Waals surface area contributed by atoms with Crippen molar-refractivity contribution < 1.29 is 19.2 Å². The SMILES string of the molecule is CC(=O)ON(C(=O)OC(C)(C)C)C1CCC(c2ccccn2)CC1. The maximum absolute atomic E-state index is 12.4. The van der Waals surface area contributed by atoms with Gasteiger partial charge < -0.3 is 9.57 Å². The van der Waals surface area contributed by atoms with Crippen molar-refractivity contribution in [2.24, 2.45) is 0 Å². The number of nitrogens with zero attached hydrogens (tertiary/aromatic N) is 2. The van der Waals surface area contributed by atoms with Crippen molar-refractivity contribution in [3.63, 3.8) is 0 Å². The van der Waals surface area contributed by atoms with E-state index in [1.165, 1.54) is 6.92 Å². The van der Waals surface area contributed by atoms with Crippen molar-refractivity contribution in [3.8, 4) is 0 Å². The quantitative estimate of drug-likeness (QED) is 0.769. The van der Waals surface area contributed by atoms with E-state index in [1.54, 1.807) is 27.0 Å². The van der Waals surface area contributed by atoms with Gasteiger partial charge in [0.05, 0.1) is 6.04 Å². The maximum atomic E-state index is 12.4. The Kier molecular flexibility index (Phi) is 5.80. The Morgan fingerprint density at radius 1 is 1.17 bits per heavy atom. The molecule has 0 saturated heterocycles. The molecular weight excluding hydrogens is 308 g/mol. The van der Waals surface area contributed by atoms with Gasteiger partial charge in [0.2, 0.25) is 0 Å². The monoisotopic (exact) mass is 334 g/mol. The second-order valence-corrected chi connectivity index (χ2v) is 7.15. The predicted molar refractivity (Wildman–Crippen MR) is 89.1 cm³/mol. The molecule has 1 heterocycles. The second kappa shape index (κ2) is 7.64. The number of pyridine rings is 1. The number of ether oxygens (including phenoxy) is 1. The lowest BCUT2D eigenvalue weighted by Crippen LogP contribution is -2.45. The van der Waals surface area contributed by atoms with E-state index in [-0.39, 0.29) is 6.04 Å². The van der Waals surface area contributed by atoms with E-state index < -0.39 is 17.7 Å². The summed E-state index contributed by atoms with van der Waals surface area (Å²) >= 11 is 0. The zero-order chi connectivity index (χ0) is 17.7. The fraction of sp³-hybridized carbons (Fsp3) is 0.611. The summed E-state index contributed by atoms with van der Waals surface area (Å²) in [6.07, 6.45) is 4.46. The molecule has 0 atom stereocenters. The topological polar surface area (TPSA) is 68.7 Å². The van der Waals surface area contributed by atoms with E-state index in [0.717, 1.165) is 36.4 Å². The second-order valence-electron chi connectivity index (χ2n) is 7.15. The van der Waals surface area contributed by atoms with Crippen molar-refractivity contribution in [3.05, 3.63) is 30.1 Å². The highest BCUT2D eigenvalue weighted by molar-refractivity contribution is 5.72. The lowest BCUT2D eigenvalue weighted by molar-refractivity contribution is -0.194. The molecule has 1 aliphatic carbocycles. The van der Waals surface area contributed by atoms with Crippen molar-refractivity contribution in [2.45, 2.75) is 70.9 Å². The van der Waals surface area contributed by atoms with Crippen LogP contribution in [0.25, 0.3) is 0 Å². The third kappa shape index (κ3) is 5.22. The van der Waals surface area contributed by atoms with Crippen LogP contribution in [0.3, 0.4) is 0 Å². The van der Waals surface area contributed by atoms with Crippen LogP contribution < -0.4 is 0 Å². The average molecular weight is 334 g/mol. The highest BCUT2D eigenvalue weighted by Gasteiger charge is 2.34. The summed E-state index contributed by atoms with van der Waals surface area (Å²) < 4.78 is 5.36. The first-order valence-electron chi connectivity index (χ1n) is 8.38. The molecule has 6 nitrogen and oxygen atoms in total. The molecule has 1 fully saturated rings.